The summed E-state index contributed by atoms with van der Waals surface area (Å²) in [5.74, 6) is 0. The Balaban J connectivity index is 0. The Morgan fingerprint density at radius 1 is 1.00 bits per heavy atom. The van der Waals surface area contributed by atoms with Crippen LogP contribution < -0.4 is 0 Å². The van der Waals surface area contributed by atoms with E-state index in [0.717, 1.165) is 0 Å². The molecule has 0 saturated carbocycles. The molecule has 4 heavy (non-hydrogen) atoms. The zero-order chi connectivity index (χ0) is 0. The molecule has 0 atom stereocenters. The third-order valence-electron chi connectivity index (χ3n) is 0. The fraction of sp³-hybridized carbons (Fsp3) is 0. The van der Waals surface area contributed by atoms with Gasteiger partial charge in [-0.25, -0.2) is 0 Å². The molecule has 0 saturated heterocycles. The van der Waals surface area contributed by atoms with E-state index < -0.39 is 0 Å². The van der Waals surface area contributed by atoms with Crippen molar-refractivity contribution in [3.63, 3.8) is 0 Å². The van der Waals surface area contributed by atoms with Crippen LogP contribution >= 0.6 is 0 Å². The van der Waals surface area contributed by atoms with E-state index in [-0.39, 0.29) is 56.4 Å². The Kier molecular flexibility index (Phi) is 301. The van der Waals surface area contributed by atoms with Gasteiger partial charge in [0.1, 0.15) is 0 Å². The van der Waals surface area contributed by atoms with E-state index in [1.807, 2.05) is 0 Å². The van der Waals surface area contributed by atoms with Crippen LogP contribution in [0.1, 0.15) is 0 Å². The van der Waals surface area contributed by atoms with Crippen molar-refractivity contribution in [2.75, 3.05) is 0 Å². The quantitative estimate of drug-likeness (QED) is 0.439. The predicted molar refractivity (Wildman–Crippen MR) is 3.61 cm³/mol. The average Bonchev–Trinajstić information content (AvgIpc) is 0. The normalized spacial score (nSPS) is 0. The molecule has 1 radical (unpaired) electrons. The van der Waals surface area contributed by atoms with E-state index in [1.54, 1.807) is 0 Å². The Morgan fingerprint density at radius 2 is 1.00 bits per heavy atom. The van der Waals surface area contributed by atoms with Crippen LogP contribution in [0.25, 0.3) is 0 Å². The van der Waals surface area contributed by atoms with Crippen LogP contribution in [0.4, 0.5) is 0 Å². The molecule has 0 aromatic heterocycles. The van der Waals surface area contributed by atoms with E-state index in [0.29, 0.717) is 0 Å². The standard InChI is InChI=1S/Cr.Mn.Ni.H2O/h;;;1H2. The molecule has 0 aliphatic rings. The van der Waals surface area contributed by atoms with E-state index in [9.17, 15) is 0 Å². The smallest absolute Gasteiger partial charge is 0 e. The first-order valence-corrected chi connectivity index (χ1v) is 0. The Morgan fingerprint density at radius 3 is 1.00 bits per heavy atom. The molecule has 2 N–H and O–H groups in total. The van der Waals surface area contributed by atoms with Crippen molar-refractivity contribution < 1.29 is 56.4 Å². The summed E-state index contributed by atoms with van der Waals surface area (Å²) < 4.78 is 0. The molecular formula is H2CrMnNiO. The van der Waals surface area contributed by atoms with Gasteiger partial charge in [-0.15, -0.1) is 0 Å². The summed E-state index contributed by atoms with van der Waals surface area (Å²) >= 11 is 0. The van der Waals surface area contributed by atoms with Gasteiger partial charge in [0.2, 0.25) is 0 Å². The van der Waals surface area contributed by atoms with E-state index >= 15 is 0 Å². The zero-order valence-electron chi connectivity index (χ0n) is 1.60. The van der Waals surface area contributed by atoms with Crippen molar-refractivity contribution in [1.82, 2.24) is 0 Å². The Hall–Kier alpha value is 1.51. The summed E-state index contributed by atoms with van der Waals surface area (Å²) in [5.41, 5.74) is 0. The van der Waals surface area contributed by atoms with Gasteiger partial charge in [-0.1, -0.05) is 0 Å². The maximum Gasteiger partial charge on any atom is 0 e. The maximum absolute atomic E-state index is 0. The number of rotatable bonds is 0. The van der Waals surface area contributed by atoms with Crippen LogP contribution in [-0.4, -0.2) is 5.48 Å². The van der Waals surface area contributed by atoms with E-state index in [4.69, 9.17) is 0 Å². The molecule has 0 rings (SSSR count). The van der Waals surface area contributed by atoms with Crippen molar-refractivity contribution in [3.8, 4) is 0 Å². The molecule has 4 heteroatoms. The second kappa shape index (κ2) is 24.4. The molecule has 0 aliphatic heterocycles. The molecule has 0 fully saturated rings. The summed E-state index contributed by atoms with van der Waals surface area (Å²) in [6.07, 6.45) is 0. The van der Waals surface area contributed by atoms with Gasteiger partial charge in [-0.2, -0.15) is 0 Å². The molecule has 0 heterocycles. The molecule has 0 aromatic rings. The molecule has 0 amide bonds. The molecule has 0 spiro atoms. The van der Waals surface area contributed by atoms with Gasteiger partial charge in [0, 0.05) is 50.9 Å². The molecule has 31 valence electrons. The molecule has 0 unspecified atom stereocenters. The summed E-state index contributed by atoms with van der Waals surface area (Å²) in [7, 11) is 0. The molecule has 0 aliphatic carbocycles. The van der Waals surface area contributed by atoms with Gasteiger partial charge in [0.25, 0.3) is 0 Å². The monoisotopic (exact) mass is 183 g/mol. The van der Waals surface area contributed by atoms with Crippen molar-refractivity contribution in [1.29, 1.82) is 0 Å². The summed E-state index contributed by atoms with van der Waals surface area (Å²) in [4.78, 5) is 0. The molecule has 0 bridgehead atoms. The van der Waals surface area contributed by atoms with Crippen LogP contribution in [0, 0.1) is 0 Å². The van der Waals surface area contributed by atoms with Crippen LogP contribution in [-0.2, 0) is 50.9 Å². The molecule has 1 nitrogen and oxygen atoms in total. The number of hydrogen-bond donors (Lipinski definition) is 0. The second-order valence-electron chi connectivity index (χ2n) is 0. The minimum atomic E-state index is 0. The van der Waals surface area contributed by atoms with Gasteiger partial charge in [0.05, 0.1) is 0 Å². The first-order chi connectivity index (χ1) is 0. The summed E-state index contributed by atoms with van der Waals surface area (Å²) in [6, 6.07) is 0. The Bertz CT molecular complexity index is 8.00. The van der Waals surface area contributed by atoms with Crippen molar-refractivity contribution in [2.24, 2.45) is 0 Å². The topological polar surface area (TPSA) is 31.5 Å². The van der Waals surface area contributed by atoms with Crippen molar-refractivity contribution >= 4 is 0 Å². The molecular weight excluding hydrogens is 182 g/mol. The molecule has 0 aromatic carbocycles. The van der Waals surface area contributed by atoms with Crippen LogP contribution in [0.3, 0.4) is 0 Å². The van der Waals surface area contributed by atoms with Crippen molar-refractivity contribution in [2.45, 2.75) is 0 Å². The van der Waals surface area contributed by atoms with Gasteiger partial charge >= 0.3 is 0 Å². The average molecular weight is 184 g/mol. The van der Waals surface area contributed by atoms with E-state index in [2.05, 4.69) is 0 Å². The van der Waals surface area contributed by atoms with Crippen LogP contribution in [0.2, 0.25) is 0 Å². The second-order valence-corrected chi connectivity index (χ2v) is 0. The SMILES string of the molecule is O.[Cr].[Mn].[Ni]. The van der Waals surface area contributed by atoms with Gasteiger partial charge in [0.15, 0.2) is 0 Å². The minimum Gasteiger partial charge on any atom is -0.412 e. The fourth-order valence-corrected chi connectivity index (χ4v) is 0. The van der Waals surface area contributed by atoms with Gasteiger partial charge in [-0.3, -0.25) is 0 Å². The van der Waals surface area contributed by atoms with Crippen LogP contribution in [0.15, 0.2) is 0 Å². The van der Waals surface area contributed by atoms with Gasteiger partial charge < -0.3 is 5.48 Å². The largest absolute Gasteiger partial charge is 0.412 e. The van der Waals surface area contributed by atoms with Crippen molar-refractivity contribution in [3.05, 3.63) is 0 Å². The predicted octanol–water partition coefficient (Wildman–Crippen LogP) is -0.832. The summed E-state index contributed by atoms with van der Waals surface area (Å²) in [5, 5.41) is 0. The third kappa shape index (κ3) is 9.71. The summed E-state index contributed by atoms with van der Waals surface area (Å²) in [6.45, 7) is 0. The Labute approximate surface area is 56.4 Å². The maximum atomic E-state index is 0. The third-order valence-corrected chi connectivity index (χ3v) is 0. The first kappa shape index (κ1) is 49.3. The first-order valence-electron chi connectivity index (χ1n) is 0. The van der Waals surface area contributed by atoms with Crippen LogP contribution in [0.5, 0.6) is 0 Å². The fourth-order valence-electron chi connectivity index (χ4n) is 0. The zero-order valence-corrected chi connectivity index (χ0v) is 5.05. The number of hydrogen-bond acceptors (Lipinski definition) is 0. The van der Waals surface area contributed by atoms with E-state index in [1.165, 1.54) is 0 Å². The minimum absolute atomic E-state index is 0. The van der Waals surface area contributed by atoms with Gasteiger partial charge in [-0.05, 0) is 0 Å².